The minimum absolute atomic E-state index is 0. The summed E-state index contributed by atoms with van der Waals surface area (Å²) in [5.74, 6) is -0.352. The number of aryl methyl sites for hydroxylation is 1. The number of nitrogens with one attached hydrogen (secondary N) is 1. The molecular weight excluding hydrogens is 631 g/mol. The third kappa shape index (κ3) is 5.35. The molecule has 4 rings (SSSR count). The van der Waals surface area contributed by atoms with E-state index in [1.54, 1.807) is 25.1 Å². The third-order valence-corrected chi connectivity index (χ3v) is 5.61. The molecule has 0 fully saturated rings. The first-order valence-corrected chi connectivity index (χ1v) is 10.6. The van der Waals surface area contributed by atoms with E-state index in [1.165, 1.54) is 6.20 Å². The Morgan fingerprint density at radius 3 is 2.63 bits per heavy atom. The number of rotatable bonds is 6. The first-order chi connectivity index (χ1) is 16.1. The van der Waals surface area contributed by atoms with Crippen molar-refractivity contribution in [1.82, 2.24) is 14.8 Å². The van der Waals surface area contributed by atoms with Crippen molar-refractivity contribution < 1.29 is 50.9 Å². The molecule has 0 bridgehead atoms. The molecule has 4 aromatic rings. The minimum atomic E-state index is -2.82. The third-order valence-electron chi connectivity index (χ3n) is 5.40. The van der Waals surface area contributed by atoms with Crippen molar-refractivity contribution in [1.29, 1.82) is 0 Å². The zero-order valence-corrected chi connectivity index (χ0v) is 21.4. The van der Waals surface area contributed by atoms with Crippen LogP contribution in [0.5, 0.6) is 0 Å². The van der Waals surface area contributed by atoms with Crippen LogP contribution in [0.1, 0.15) is 41.9 Å². The average Bonchev–Trinajstić information content (AvgIpc) is 3.27. The molecule has 0 saturated carbocycles. The molecule has 3 heterocycles. The van der Waals surface area contributed by atoms with Gasteiger partial charge in [-0.15, -0.1) is 0 Å². The Bertz CT molecular complexity index is 1490. The molecule has 12 heteroatoms. The van der Waals surface area contributed by atoms with E-state index in [2.05, 4.69) is 15.4 Å². The van der Waals surface area contributed by atoms with Crippen molar-refractivity contribution in [3.05, 3.63) is 79.8 Å². The summed E-state index contributed by atoms with van der Waals surface area (Å²) in [6.07, 6.45) is 2.35. The molecular formula is C23H20ClF2HoN6O2-. The normalized spacial score (nSPS) is 12.0. The van der Waals surface area contributed by atoms with E-state index < -0.39 is 18.4 Å². The Labute approximate surface area is 234 Å². The van der Waals surface area contributed by atoms with Crippen molar-refractivity contribution >= 4 is 34.1 Å². The number of pyridine rings is 1. The van der Waals surface area contributed by atoms with Crippen molar-refractivity contribution in [2.75, 3.05) is 5.32 Å². The molecule has 35 heavy (non-hydrogen) atoms. The first-order valence-electron chi connectivity index (χ1n) is 10.2. The van der Waals surface area contributed by atoms with Gasteiger partial charge in [0.2, 0.25) is 0 Å². The molecule has 3 aromatic heterocycles. The van der Waals surface area contributed by atoms with Gasteiger partial charge in [-0.1, -0.05) is 17.7 Å². The second-order valence-electron chi connectivity index (χ2n) is 7.88. The van der Waals surface area contributed by atoms with Crippen LogP contribution in [0.3, 0.4) is 0 Å². The summed E-state index contributed by atoms with van der Waals surface area (Å²) in [7, 11) is 0. The van der Waals surface area contributed by atoms with Gasteiger partial charge in [0.1, 0.15) is 16.5 Å². The van der Waals surface area contributed by atoms with Crippen LogP contribution in [-0.2, 0) is 0 Å². The number of nitrogens with zero attached hydrogens (tertiary/aromatic N) is 4. The van der Waals surface area contributed by atoms with Crippen molar-refractivity contribution in [3.63, 3.8) is 0 Å². The largest absolute Gasteiger partial charge is 0.493 e. The quantitative estimate of drug-likeness (QED) is 0.129. The summed E-state index contributed by atoms with van der Waals surface area (Å²) in [4.78, 5) is 17.2. The summed E-state index contributed by atoms with van der Waals surface area (Å²) >= 11 is 5.92. The van der Waals surface area contributed by atoms with Crippen molar-refractivity contribution in [2.45, 2.75) is 33.4 Å². The van der Waals surface area contributed by atoms with Crippen LogP contribution in [0.4, 0.5) is 14.5 Å². The fraction of sp³-hybridized carbons (Fsp3) is 0.217. The van der Waals surface area contributed by atoms with Gasteiger partial charge < -0.3 is 20.9 Å². The molecule has 0 amide bonds. The number of amidine groups is 1. The monoisotopic (exact) mass is 650 g/mol. The molecule has 1 radical (unpaired) electrons. The van der Waals surface area contributed by atoms with Crippen molar-refractivity contribution in [2.24, 2.45) is 5.73 Å². The number of aromatic nitrogens is 3. The van der Waals surface area contributed by atoms with Crippen LogP contribution in [-0.4, -0.2) is 20.6 Å². The van der Waals surface area contributed by atoms with Gasteiger partial charge in [0, 0.05) is 55.1 Å². The van der Waals surface area contributed by atoms with E-state index in [9.17, 15) is 19.0 Å². The molecule has 187 valence electrons. The summed E-state index contributed by atoms with van der Waals surface area (Å²) < 4.78 is 32.7. The van der Waals surface area contributed by atoms with Crippen LogP contribution in [0, 0.1) is 51.6 Å². The summed E-state index contributed by atoms with van der Waals surface area (Å²) in [5.41, 5.74) is 8.06. The van der Waals surface area contributed by atoms with E-state index >= 15 is 0 Å². The Morgan fingerprint density at radius 1 is 1.29 bits per heavy atom. The minimum Gasteiger partial charge on any atom is -0.493 e. The van der Waals surface area contributed by atoms with E-state index in [4.69, 9.17) is 21.8 Å². The van der Waals surface area contributed by atoms with Crippen LogP contribution < -0.4 is 16.5 Å². The number of hydrogen-bond donors (Lipinski definition) is 2. The number of halogens is 3. The predicted molar refractivity (Wildman–Crippen MR) is 127 cm³/mol. The predicted octanol–water partition coefficient (Wildman–Crippen LogP) is 5.16. The maximum atomic E-state index is 13.2. The summed E-state index contributed by atoms with van der Waals surface area (Å²) in [5, 5.41) is 17.2. The number of nitrogens with two attached hydrogens (primary N) is 1. The van der Waals surface area contributed by atoms with Gasteiger partial charge in [0.05, 0.1) is 34.6 Å². The molecule has 0 aliphatic rings. The fourth-order valence-electron chi connectivity index (χ4n) is 3.78. The van der Waals surface area contributed by atoms with Gasteiger partial charge in [-0.25, -0.2) is 9.67 Å². The van der Waals surface area contributed by atoms with Gasteiger partial charge >= 0.3 is 6.55 Å². The van der Waals surface area contributed by atoms with Crippen LogP contribution in [0.25, 0.3) is 27.7 Å². The van der Waals surface area contributed by atoms with Gasteiger partial charge in [-0.2, -0.15) is 13.9 Å². The van der Waals surface area contributed by atoms with Crippen LogP contribution in [0.15, 0.2) is 45.9 Å². The second-order valence-corrected chi connectivity index (χ2v) is 8.27. The van der Waals surface area contributed by atoms with E-state index in [0.29, 0.717) is 26.9 Å². The zero-order valence-electron chi connectivity index (χ0n) is 18.7. The SMILES string of the molecule is Cc1cc([C@@H](C)Nc2ccc(Cl)nc2C(=[N-])N)c2oc(-c3cnn(C(F)F)c3)c(C)c(=O)c2c1.[Ho]. The molecule has 8 nitrogen and oxygen atoms in total. The average molecular weight is 651 g/mol. The van der Waals surface area contributed by atoms with E-state index in [1.807, 2.05) is 19.9 Å². The Kier molecular flexibility index (Phi) is 8.21. The fourth-order valence-corrected chi connectivity index (χ4v) is 3.93. The van der Waals surface area contributed by atoms with Gasteiger partial charge in [-0.3, -0.25) is 4.79 Å². The van der Waals surface area contributed by atoms with Crippen LogP contribution >= 0.6 is 11.6 Å². The Balaban J connectivity index is 0.00000342. The molecule has 0 spiro atoms. The summed E-state index contributed by atoms with van der Waals surface area (Å²) in [6.45, 7) is 2.44. The molecule has 3 N–H and O–H groups in total. The second kappa shape index (κ2) is 10.6. The molecule has 0 aliphatic heterocycles. The number of benzene rings is 1. The Morgan fingerprint density at radius 2 is 2.00 bits per heavy atom. The van der Waals surface area contributed by atoms with Gasteiger partial charge in [0.25, 0.3) is 0 Å². The standard InChI is InChI=1S/C23H20ClF2N6O2.Ho/c1-10-6-14(12(3)30-16-4-5-17(24)31-18(16)22(27)28)21-15(7-10)19(33)11(2)20(34-21)13-8-29-32(9-13)23(25)26;/h4-9,12,23H,1-3H3,(H3-,27,28,30);/q-1;/t12-;/m1./s1. The zero-order chi connectivity index (χ0) is 24.7. The van der Waals surface area contributed by atoms with Gasteiger partial charge in [0.15, 0.2) is 5.43 Å². The topological polar surface area (TPSA) is 121 Å². The first kappa shape index (κ1) is 27.1. The molecule has 0 unspecified atom stereocenters. The molecule has 1 atom stereocenters. The molecule has 0 saturated heterocycles. The van der Waals surface area contributed by atoms with Crippen LogP contribution in [0.2, 0.25) is 5.15 Å². The summed E-state index contributed by atoms with van der Waals surface area (Å²) in [6, 6.07) is 6.28. The number of alkyl halides is 2. The number of fused-ring (bicyclic) bond motifs is 1. The number of hydrogen-bond acceptors (Lipinski definition) is 5. The van der Waals surface area contributed by atoms with Crippen molar-refractivity contribution in [3.8, 4) is 11.3 Å². The maximum Gasteiger partial charge on any atom is 0.333 e. The molecule has 1 aromatic carbocycles. The van der Waals surface area contributed by atoms with E-state index in [0.717, 1.165) is 11.8 Å². The molecule has 0 aliphatic carbocycles. The van der Waals surface area contributed by atoms with E-state index in [-0.39, 0.29) is 70.9 Å². The Hall–Kier alpha value is -2.53. The number of anilines is 1. The maximum absolute atomic E-state index is 13.2. The van der Waals surface area contributed by atoms with Gasteiger partial charge in [-0.05, 0) is 50.4 Å². The smallest absolute Gasteiger partial charge is 0.333 e.